The van der Waals surface area contributed by atoms with Gasteiger partial charge in [0.1, 0.15) is 0 Å². The molecule has 4 heteroatoms. The number of rotatable bonds is 4. The third-order valence-corrected chi connectivity index (χ3v) is 4.16. The Morgan fingerprint density at radius 3 is 2.08 bits per heavy atom. The van der Waals surface area contributed by atoms with Gasteiger partial charge in [-0.05, 0) is 49.4 Å². The normalized spacial score (nSPS) is 11.7. The SMILES string of the molecule is CCc1ccc(C(C)NC(=O)C(=O)Nc2c(C)cccc2C)cc1. The minimum atomic E-state index is -0.649. The first kappa shape index (κ1) is 17.7. The van der Waals surface area contributed by atoms with Gasteiger partial charge >= 0.3 is 11.8 Å². The van der Waals surface area contributed by atoms with Crippen molar-refractivity contribution in [1.29, 1.82) is 0 Å². The van der Waals surface area contributed by atoms with Crippen LogP contribution in [0.5, 0.6) is 0 Å². The minimum Gasteiger partial charge on any atom is -0.341 e. The van der Waals surface area contributed by atoms with Crippen LogP contribution in [-0.2, 0) is 16.0 Å². The van der Waals surface area contributed by atoms with Gasteiger partial charge in [0.25, 0.3) is 0 Å². The summed E-state index contributed by atoms with van der Waals surface area (Å²) in [6.07, 6.45) is 0.971. The molecule has 0 bridgehead atoms. The molecule has 2 N–H and O–H groups in total. The maximum atomic E-state index is 12.2. The summed E-state index contributed by atoms with van der Waals surface area (Å²) in [6, 6.07) is 13.5. The van der Waals surface area contributed by atoms with E-state index >= 15 is 0 Å². The lowest BCUT2D eigenvalue weighted by molar-refractivity contribution is -0.136. The number of amides is 2. The second-order valence-electron chi connectivity index (χ2n) is 6.01. The van der Waals surface area contributed by atoms with Crippen molar-refractivity contribution >= 4 is 17.5 Å². The van der Waals surface area contributed by atoms with E-state index in [2.05, 4.69) is 17.6 Å². The smallest absolute Gasteiger partial charge is 0.313 e. The van der Waals surface area contributed by atoms with Crippen molar-refractivity contribution in [3.05, 3.63) is 64.7 Å². The van der Waals surface area contributed by atoms with Gasteiger partial charge in [-0.15, -0.1) is 0 Å². The number of para-hydroxylation sites is 1. The second kappa shape index (κ2) is 7.77. The summed E-state index contributed by atoms with van der Waals surface area (Å²) in [5.74, 6) is -1.28. The molecule has 2 aromatic carbocycles. The van der Waals surface area contributed by atoms with Crippen molar-refractivity contribution in [3.63, 3.8) is 0 Å². The lowest BCUT2D eigenvalue weighted by Gasteiger charge is -2.16. The molecule has 0 saturated heterocycles. The molecule has 0 aliphatic heterocycles. The fourth-order valence-electron chi connectivity index (χ4n) is 2.57. The van der Waals surface area contributed by atoms with Gasteiger partial charge < -0.3 is 10.6 Å². The number of benzene rings is 2. The fourth-order valence-corrected chi connectivity index (χ4v) is 2.57. The standard InChI is InChI=1S/C20H24N2O2/c1-5-16-9-11-17(12-10-16)15(4)21-19(23)20(24)22-18-13(2)7-6-8-14(18)3/h6-12,15H,5H2,1-4H3,(H,21,23)(H,22,24). The summed E-state index contributed by atoms with van der Waals surface area (Å²) < 4.78 is 0. The van der Waals surface area contributed by atoms with Gasteiger partial charge in [-0.1, -0.05) is 49.4 Å². The van der Waals surface area contributed by atoms with E-state index in [0.717, 1.165) is 23.1 Å². The molecule has 126 valence electrons. The van der Waals surface area contributed by atoms with Crippen LogP contribution >= 0.6 is 0 Å². The Labute approximate surface area is 143 Å². The largest absolute Gasteiger partial charge is 0.341 e. The highest BCUT2D eigenvalue weighted by molar-refractivity contribution is 6.39. The molecule has 0 aromatic heterocycles. The topological polar surface area (TPSA) is 58.2 Å². The zero-order valence-corrected chi connectivity index (χ0v) is 14.6. The average Bonchev–Trinajstić information content (AvgIpc) is 2.58. The quantitative estimate of drug-likeness (QED) is 0.843. The highest BCUT2D eigenvalue weighted by Crippen LogP contribution is 2.19. The van der Waals surface area contributed by atoms with E-state index in [-0.39, 0.29) is 6.04 Å². The van der Waals surface area contributed by atoms with E-state index in [1.54, 1.807) is 0 Å². The number of aryl methyl sites for hydroxylation is 3. The van der Waals surface area contributed by atoms with E-state index in [4.69, 9.17) is 0 Å². The van der Waals surface area contributed by atoms with Crippen molar-refractivity contribution in [1.82, 2.24) is 5.32 Å². The van der Waals surface area contributed by atoms with E-state index in [1.807, 2.05) is 63.2 Å². The maximum Gasteiger partial charge on any atom is 0.313 e. The van der Waals surface area contributed by atoms with Gasteiger partial charge in [-0.3, -0.25) is 9.59 Å². The van der Waals surface area contributed by atoms with Crippen LogP contribution in [0.3, 0.4) is 0 Å². The molecule has 4 nitrogen and oxygen atoms in total. The van der Waals surface area contributed by atoms with E-state index in [9.17, 15) is 9.59 Å². The van der Waals surface area contributed by atoms with Gasteiger partial charge in [0.05, 0.1) is 6.04 Å². The van der Waals surface area contributed by atoms with Crippen molar-refractivity contribution in [2.24, 2.45) is 0 Å². The first-order chi connectivity index (χ1) is 11.4. The maximum absolute atomic E-state index is 12.2. The molecule has 24 heavy (non-hydrogen) atoms. The molecule has 2 aromatic rings. The molecule has 0 heterocycles. The molecule has 0 saturated carbocycles. The van der Waals surface area contributed by atoms with Crippen molar-refractivity contribution in [2.75, 3.05) is 5.32 Å². The van der Waals surface area contributed by atoms with Crippen LogP contribution in [0.15, 0.2) is 42.5 Å². The summed E-state index contributed by atoms with van der Waals surface area (Å²) in [7, 11) is 0. The molecular weight excluding hydrogens is 300 g/mol. The molecular formula is C20H24N2O2. The van der Waals surface area contributed by atoms with Crippen molar-refractivity contribution < 1.29 is 9.59 Å². The predicted octanol–water partition coefficient (Wildman–Crippen LogP) is 3.68. The molecule has 0 fully saturated rings. The summed E-state index contributed by atoms with van der Waals surface area (Å²) in [4.78, 5) is 24.3. The zero-order chi connectivity index (χ0) is 17.7. The lowest BCUT2D eigenvalue weighted by Crippen LogP contribution is -2.37. The number of nitrogens with one attached hydrogen (secondary N) is 2. The Kier molecular flexibility index (Phi) is 5.74. The number of carbonyl (C=O) groups excluding carboxylic acids is 2. The third kappa shape index (κ3) is 4.22. The molecule has 1 unspecified atom stereocenters. The number of hydrogen-bond donors (Lipinski definition) is 2. The first-order valence-corrected chi connectivity index (χ1v) is 8.19. The summed E-state index contributed by atoms with van der Waals surface area (Å²) in [5, 5.41) is 5.44. The van der Waals surface area contributed by atoms with Crippen LogP contribution in [0.1, 0.15) is 42.1 Å². The highest BCUT2D eigenvalue weighted by Gasteiger charge is 2.18. The van der Waals surface area contributed by atoms with E-state index < -0.39 is 11.8 Å². The number of anilines is 1. The van der Waals surface area contributed by atoms with Gasteiger partial charge in [-0.2, -0.15) is 0 Å². The van der Waals surface area contributed by atoms with Gasteiger partial charge in [-0.25, -0.2) is 0 Å². The molecule has 1 atom stereocenters. The Morgan fingerprint density at radius 2 is 1.54 bits per heavy atom. The Morgan fingerprint density at radius 1 is 0.958 bits per heavy atom. The monoisotopic (exact) mass is 324 g/mol. The highest BCUT2D eigenvalue weighted by atomic mass is 16.2. The summed E-state index contributed by atoms with van der Waals surface area (Å²) in [5.41, 5.74) is 4.77. The second-order valence-corrected chi connectivity index (χ2v) is 6.01. The van der Waals surface area contributed by atoms with Crippen LogP contribution in [0.25, 0.3) is 0 Å². The van der Waals surface area contributed by atoms with Crippen molar-refractivity contribution in [3.8, 4) is 0 Å². The molecule has 0 aliphatic carbocycles. The average molecular weight is 324 g/mol. The number of hydrogen-bond acceptors (Lipinski definition) is 2. The predicted molar refractivity (Wildman–Crippen MR) is 96.9 cm³/mol. The molecule has 0 radical (unpaired) electrons. The van der Waals surface area contributed by atoms with Crippen molar-refractivity contribution in [2.45, 2.75) is 40.2 Å². The molecule has 2 amide bonds. The van der Waals surface area contributed by atoms with Crippen LogP contribution in [0.4, 0.5) is 5.69 Å². The van der Waals surface area contributed by atoms with Crippen LogP contribution in [0.2, 0.25) is 0 Å². The molecule has 0 spiro atoms. The lowest BCUT2D eigenvalue weighted by atomic mass is 10.0. The van der Waals surface area contributed by atoms with Gasteiger partial charge in [0.2, 0.25) is 0 Å². The fraction of sp³-hybridized carbons (Fsp3) is 0.300. The summed E-state index contributed by atoms with van der Waals surface area (Å²) in [6.45, 7) is 7.76. The third-order valence-electron chi connectivity index (χ3n) is 4.16. The molecule has 0 aliphatic rings. The molecule has 2 rings (SSSR count). The van der Waals surface area contributed by atoms with E-state index in [0.29, 0.717) is 5.69 Å². The Bertz CT molecular complexity index is 716. The van der Waals surface area contributed by atoms with Crippen LogP contribution in [-0.4, -0.2) is 11.8 Å². The summed E-state index contributed by atoms with van der Waals surface area (Å²) >= 11 is 0. The Balaban J connectivity index is 2.01. The Hall–Kier alpha value is -2.62. The van der Waals surface area contributed by atoms with Crippen LogP contribution < -0.4 is 10.6 Å². The minimum absolute atomic E-state index is 0.230. The zero-order valence-electron chi connectivity index (χ0n) is 14.6. The van der Waals surface area contributed by atoms with Gasteiger partial charge in [0, 0.05) is 5.69 Å². The van der Waals surface area contributed by atoms with Gasteiger partial charge in [0.15, 0.2) is 0 Å². The number of carbonyl (C=O) groups is 2. The first-order valence-electron chi connectivity index (χ1n) is 8.19. The van der Waals surface area contributed by atoms with Crippen LogP contribution in [0, 0.1) is 13.8 Å². The van der Waals surface area contributed by atoms with E-state index in [1.165, 1.54) is 5.56 Å².